The van der Waals surface area contributed by atoms with E-state index in [4.69, 9.17) is 9.47 Å². The lowest BCUT2D eigenvalue weighted by molar-refractivity contribution is 0.0916. The van der Waals surface area contributed by atoms with E-state index in [1.807, 2.05) is 6.92 Å². The third kappa shape index (κ3) is 1.93. The number of Topliss-reactive ketones (excluding diaryl/α,β-unsaturated/α-hetero) is 1. The number of methoxy groups -OCH3 is 1. The average molecular weight is 232 g/mol. The Morgan fingerprint density at radius 3 is 2.59 bits per heavy atom. The Hall–Kier alpha value is -2.10. The maximum atomic E-state index is 11.9. The van der Waals surface area contributed by atoms with Crippen LogP contribution in [0.1, 0.15) is 27.6 Å². The molecule has 1 aliphatic carbocycles. The van der Waals surface area contributed by atoms with Gasteiger partial charge in [0.1, 0.15) is 5.75 Å². The van der Waals surface area contributed by atoms with Crippen LogP contribution in [-0.4, -0.2) is 25.3 Å². The number of ether oxygens (including phenoxy) is 2. The second-order valence-electron chi connectivity index (χ2n) is 3.55. The first-order valence-electron chi connectivity index (χ1n) is 5.29. The molecule has 17 heavy (non-hydrogen) atoms. The zero-order valence-corrected chi connectivity index (χ0v) is 9.65. The number of fused-ring (bicyclic) bond motifs is 1. The fourth-order valence-corrected chi connectivity index (χ4v) is 1.73. The van der Waals surface area contributed by atoms with Gasteiger partial charge in [0.05, 0.1) is 13.7 Å². The maximum Gasteiger partial charge on any atom is 0.228 e. The molecule has 0 bridgehead atoms. The van der Waals surface area contributed by atoms with E-state index >= 15 is 0 Å². The average Bonchev–Trinajstić information content (AvgIpc) is 2.34. The number of benzene rings is 1. The number of ketones is 2. The van der Waals surface area contributed by atoms with E-state index in [9.17, 15) is 9.59 Å². The van der Waals surface area contributed by atoms with E-state index in [0.717, 1.165) is 0 Å². The Morgan fingerprint density at radius 1 is 1.18 bits per heavy atom. The normalized spacial score (nSPS) is 14.1. The SMILES string of the molecule is CCOc1ccc2c(c1)C(=O)C(OC)=CC2=O. The third-order valence-electron chi connectivity index (χ3n) is 2.52. The van der Waals surface area contributed by atoms with E-state index in [1.165, 1.54) is 13.2 Å². The fourth-order valence-electron chi connectivity index (χ4n) is 1.73. The Morgan fingerprint density at radius 2 is 1.94 bits per heavy atom. The van der Waals surface area contributed by atoms with Crippen LogP contribution < -0.4 is 4.74 Å². The highest BCUT2D eigenvalue weighted by Crippen LogP contribution is 2.25. The molecule has 2 rings (SSSR count). The second kappa shape index (κ2) is 4.41. The number of hydrogen-bond acceptors (Lipinski definition) is 4. The Bertz CT molecular complexity index is 514. The van der Waals surface area contributed by atoms with Crippen molar-refractivity contribution in [3.63, 3.8) is 0 Å². The first kappa shape index (κ1) is 11.4. The topological polar surface area (TPSA) is 52.6 Å². The molecule has 0 spiro atoms. The zero-order chi connectivity index (χ0) is 12.4. The summed E-state index contributed by atoms with van der Waals surface area (Å²) in [7, 11) is 1.37. The van der Waals surface area contributed by atoms with Crippen LogP contribution in [0.4, 0.5) is 0 Å². The molecule has 88 valence electrons. The maximum absolute atomic E-state index is 11.9. The van der Waals surface area contributed by atoms with Gasteiger partial charge < -0.3 is 9.47 Å². The number of hydrogen-bond donors (Lipinski definition) is 0. The summed E-state index contributed by atoms with van der Waals surface area (Å²) in [4.78, 5) is 23.7. The summed E-state index contributed by atoms with van der Waals surface area (Å²) in [6, 6.07) is 4.85. The summed E-state index contributed by atoms with van der Waals surface area (Å²) in [6.45, 7) is 2.36. The number of carbonyl (C=O) groups excluding carboxylic acids is 2. The van der Waals surface area contributed by atoms with E-state index in [2.05, 4.69) is 0 Å². The minimum absolute atomic E-state index is 0.0659. The molecule has 0 atom stereocenters. The molecule has 1 aromatic carbocycles. The summed E-state index contributed by atoms with van der Waals surface area (Å²) >= 11 is 0. The van der Waals surface area contributed by atoms with Crippen molar-refractivity contribution in [1.29, 1.82) is 0 Å². The van der Waals surface area contributed by atoms with Gasteiger partial charge in [0.15, 0.2) is 11.5 Å². The highest BCUT2D eigenvalue weighted by Gasteiger charge is 2.26. The molecule has 0 aromatic heterocycles. The number of allylic oxidation sites excluding steroid dienone is 2. The van der Waals surface area contributed by atoms with Gasteiger partial charge in [0.25, 0.3) is 0 Å². The van der Waals surface area contributed by atoms with Crippen molar-refractivity contribution in [2.24, 2.45) is 0 Å². The largest absolute Gasteiger partial charge is 0.494 e. The van der Waals surface area contributed by atoms with Crippen LogP contribution in [0.5, 0.6) is 5.75 Å². The van der Waals surface area contributed by atoms with Gasteiger partial charge in [0, 0.05) is 17.2 Å². The Labute approximate surface area is 98.8 Å². The quantitative estimate of drug-likeness (QED) is 0.799. The predicted molar refractivity (Wildman–Crippen MR) is 61.4 cm³/mol. The Kier molecular flexibility index (Phi) is 2.95. The number of carbonyl (C=O) groups is 2. The summed E-state index contributed by atoms with van der Waals surface area (Å²) in [5.41, 5.74) is 0.722. The standard InChI is InChI=1S/C13H12O4/c1-3-17-8-4-5-9-10(6-8)13(15)12(16-2)7-11(9)14/h4-7H,3H2,1-2H3. The van der Waals surface area contributed by atoms with Gasteiger partial charge in [-0.15, -0.1) is 0 Å². The second-order valence-corrected chi connectivity index (χ2v) is 3.55. The van der Waals surface area contributed by atoms with Crippen molar-refractivity contribution < 1.29 is 19.1 Å². The summed E-state index contributed by atoms with van der Waals surface area (Å²) in [6.07, 6.45) is 1.21. The molecule has 1 aromatic rings. The number of rotatable bonds is 3. The summed E-state index contributed by atoms with van der Waals surface area (Å²) < 4.78 is 10.2. The highest BCUT2D eigenvalue weighted by atomic mass is 16.5. The van der Waals surface area contributed by atoms with Gasteiger partial charge >= 0.3 is 0 Å². The molecule has 4 nitrogen and oxygen atoms in total. The van der Waals surface area contributed by atoms with Gasteiger partial charge in [0.2, 0.25) is 5.78 Å². The lowest BCUT2D eigenvalue weighted by Gasteiger charge is -2.15. The molecule has 1 aliphatic rings. The van der Waals surface area contributed by atoms with Gasteiger partial charge in [-0.25, -0.2) is 0 Å². The van der Waals surface area contributed by atoms with Crippen molar-refractivity contribution in [3.8, 4) is 5.75 Å². The predicted octanol–water partition coefficient (Wildman–Crippen LogP) is 1.99. The van der Waals surface area contributed by atoms with Gasteiger partial charge in [-0.05, 0) is 25.1 Å². The molecule has 0 saturated carbocycles. The first-order valence-corrected chi connectivity index (χ1v) is 5.29. The minimum Gasteiger partial charge on any atom is -0.494 e. The molecule has 0 fully saturated rings. The molecule has 0 amide bonds. The minimum atomic E-state index is -0.288. The van der Waals surface area contributed by atoms with Crippen molar-refractivity contribution >= 4 is 11.6 Å². The van der Waals surface area contributed by atoms with Crippen LogP contribution >= 0.6 is 0 Å². The van der Waals surface area contributed by atoms with Crippen molar-refractivity contribution in [1.82, 2.24) is 0 Å². The van der Waals surface area contributed by atoms with Crippen molar-refractivity contribution in [3.05, 3.63) is 41.2 Å². The molecule has 0 heterocycles. The molecule has 0 radical (unpaired) electrons. The van der Waals surface area contributed by atoms with Crippen LogP contribution in [-0.2, 0) is 4.74 Å². The molecule has 0 N–H and O–H groups in total. The first-order chi connectivity index (χ1) is 8.17. The van der Waals surface area contributed by atoms with Crippen LogP contribution in [0.15, 0.2) is 30.0 Å². The molecule has 0 aliphatic heterocycles. The highest BCUT2D eigenvalue weighted by molar-refractivity contribution is 6.23. The van der Waals surface area contributed by atoms with Crippen molar-refractivity contribution in [2.75, 3.05) is 13.7 Å². The van der Waals surface area contributed by atoms with Crippen molar-refractivity contribution in [2.45, 2.75) is 6.92 Å². The lowest BCUT2D eigenvalue weighted by atomic mass is 9.93. The summed E-state index contributed by atoms with van der Waals surface area (Å²) in [5.74, 6) is 0.129. The summed E-state index contributed by atoms with van der Waals surface area (Å²) in [5, 5.41) is 0. The molecular weight excluding hydrogens is 220 g/mol. The lowest BCUT2D eigenvalue weighted by Crippen LogP contribution is -2.18. The van der Waals surface area contributed by atoms with Gasteiger partial charge in [-0.1, -0.05) is 0 Å². The molecule has 0 unspecified atom stereocenters. The third-order valence-corrected chi connectivity index (χ3v) is 2.52. The van der Waals surface area contributed by atoms with Gasteiger partial charge in [-0.2, -0.15) is 0 Å². The van der Waals surface area contributed by atoms with Crippen LogP contribution in [0.3, 0.4) is 0 Å². The molecule has 4 heteroatoms. The van der Waals surface area contributed by atoms with E-state index in [-0.39, 0.29) is 17.3 Å². The van der Waals surface area contributed by atoms with Crippen LogP contribution in [0, 0.1) is 0 Å². The monoisotopic (exact) mass is 232 g/mol. The fraction of sp³-hybridized carbons (Fsp3) is 0.231. The Balaban J connectivity index is 2.49. The van der Waals surface area contributed by atoms with Crippen LogP contribution in [0.25, 0.3) is 0 Å². The van der Waals surface area contributed by atoms with E-state index in [1.54, 1.807) is 18.2 Å². The van der Waals surface area contributed by atoms with E-state index in [0.29, 0.717) is 23.5 Å². The molecule has 0 saturated heterocycles. The molecular formula is C13H12O4. The smallest absolute Gasteiger partial charge is 0.228 e. The van der Waals surface area contributed by atoms with Crippen LogP contribution in [0.2, 0.25) is 0 Å². The van der Waals surface area contributed by atoms with E-state index < -0.39 is 0 Å². The van der Waals surface area contributed by atoms with Gasteiger partial charge in [-0.3, -0.25) is 9.59 Å². The zero-order valence-electron chi connectivity index (χ0n) is 9.65.